The largest absolute Gasteiger partial charge is 0.408 e. The molecule has 9 nitrogen and oxygen atoms in total. The monoisotopic (exact) mass is 235 g/mol. The number of carbonyl (C=O) groups excluding carboxylic acids is 1. The Bertz CT molecular complexity index is 556. The van der Waals surface area contributed by atoms with Crippen molar-refractivity contribution >= 4 is 17.9 Å². The van der Waals surface area contributed by atoms with Crippen LogP contribution in [0.4, 0.5) is 12.0 Å². The van der Waals surface area contributed by atoms with Crippen molar-refractivity contribution in [2.75, 3.05) is 11.1 Å². The number of H-pyrrole nitrogens is 1. The van der Waals surface area contributed by atoms with Gasteiger partial charge >= 0.3 is 6.01 Å². The normalized spacial score (nSPS) is 14.8. The van der Waals surface area contributed by atoms with Crippen molar-refractivity contribution < 1.29 is 9.21 Å². The van der Waals surface area contributed by atoms with Gasteiger partial charge in [0.1, 0.15) is 0 Å². The summed E-state index contributed by atoms with van der Waals surface area (Å²) >= 11 is 0. The van der Waals surface area contributed by atoms with Crippen molar-refractivity contribution in [1.29, 1.82) is 0 Å². The van der Waals surface area contributed by atoms with Gasteiger partial charge in [0.15, 0.2) is 0 Å². The molecule has 0 spiro atoms. The van der Waals surface area contributed by atoms with Crippen LogP contribution in [-0.2, 0) is 0 Å². The predicted octanol–water partition coefficient (Wildman–Crippen LogP) is -0.100. The van der Waals surface area contributed by atoms with Gasteiger partial charge in [0.2, 0.25) is 17.7 Å². The highest BCUT2D eigenvalue weighted by Crippen LogP contribution is 2.39. The maximum atomic E-state index is 11.6. The van der Waals surface area contributed by atoms with Crippen LogP contribution in [0.25, 0.3) is 0 Å². The summed E-state index contributed by atoms with van der Waals surface area (Å²) in [5.41, 5.74) is 5.28. The van der Waals surface area contributed by atoms with Crippen LogP contribution in [0.3, 0.4) is 0 Å². The first-order valence-corrected chi connectivity index (χ1v) is 5.05. The molecule has 88 valence electrons. The maximum absolute atomic E-state index is 11.6. The summed E-state index contributed by atoms with van der Waals surface area (Å²) in [6.07, 6.45) is 2.10. The average molecular weight is 235 g/mol. The highest BCUT2D eigenvalue weighted by Gasteiger charge is 2.29. The molecule has 0 radical (unpaired) electrons. The zero-order valence-electron chi connectivity index (χ0n) is 8.67. The summed E-state index contributed by atoms with van der Waals surface area (Å²) in [4.78, 5) is 15.3. The minimum atomic E-state index is -0.528. The Kier molecular flexibility index (Phi) is 2.03. The number of hydrogen-bond acceptors (Lipinski definition) is 7. The Labute approximate surface area is 94.8 Å². The molecule has 4 N–H and O–H groups in total. The van der Waals surface area contributed by atoms with Crippen LogP contribution in [0.5, 0.6) is 0 Å². The van der Waals surface area contributed by atoms with Crippen LogP contribution >= 0.6 is 0 Å². The Balaban J connectivity index is 1.71. The number of anilines is 2. The second-order valence-corrected chi connectivity index (χ2v) is 3.72. The second-order valence-electron chi connectivity index (χ2n) is 3.72. The Hall–Kier alpha value is -2.45. The second kappa shape index (κ2) is 3.54. The minimum Gasteiger partial charge on any atom is -0.408 e. The molecule has 0 saturated heterocycles. The van der Waals surface area contributed by atoms with Gasteiger partial charge in [-0.2, -0.15) is 4.98 Å². The lowest BCUT2D eigenvalue weighted by molar-refractivity contribution is 0.101. The van der Waals surface area contributed by atoms with Crippen LogP contribution in [0.15, 0.2) is 4.42 Å². The fraction of sp³-hybridized carbons (Fsp3) is 0.375. The summed E-state index contributed by atoms with van der Waals surface area (Å²) < 4.78 is 5.26. The van der Waals surface area contributed by atoms with Crippen molar-refractivity contribution in [3.05, 3.63) is 11.7 Å². The highest BCUT2D eigenvalue weighted by molar-refractivity contribution is 6.00. The lowest BCUT2D eigenvalue weighted by atomic mass is 10.4. The van der Waals surface area contributed by atoms with Crippen LogP contribution in [-0.4, -0.2) is 31.3 Å². The Morgan fingerprint density at radius 2 is 2.29 bits per heavy atom. The van der Waals surface area contributed by atoms with Crippen molar-refractivity contribution in [3.63, 3.8) is 0 Å². The van der Waals surface area contributed by atoms with Crippen LogP contribution in [0.1, 0.15) is 35.3 Å². The summed E-state index contributed by atoms with van der Waals surface area (Å²) in [5, 5.41) is 15.9. The van der Waals surface area contributed by atoms with Gasteiger partial charge in [-0.3, -0.25) is 15.2 Å². The molecule has 1 aliphatic rings. The Morgan fingerprint density at radius 3 is 2.94 bits per heavy atom. The van der Waals surface area contributed by atoms with Gasteiger partial charge in [-0.25, -0.2) is 0 Å². The van der Waals surface area contributed by atoms with E-state index in [4.69, 9.17) is 10.2 Å². The number of aromatic amines is 1. The molecule has 1 fully saturated rings. The predicted molar refractivity (Wildman–Crippen MR) is 55.0 cm³/mol. The van der Waals surface area contributed by atoms with E-state index in [1.165, 1.54) is 0 Å². The zero-order chi connectivity index (χ0) is 11.8. The first-order chi connectivity index (χ1) is 8.22. The number of nitrogen functional groups attached to an aromatic ring is 1. The van der Waals surface area contributed by atoms with E-state index < -0.39 is 5.91 Å². The third-order valence-corrected chi connectivity index (χ3v) is 2.31. The molecular formula is C8H9N7O2. The molecule has 0 aromatic carbocycles. The molecule has 9 heteroatoms. The maximum Gasteiger partial charge on any atom is 0.322 e. The summed E-state index contributed by atoms with van der Waals surface area (Å²) in [6, 6.07) is 0.0480. The van der Waals surface area contributed by atoms with Crippen molar-refractivity contribution in [2.45, 2.75) is 18.8 Å². The average Bonchev–Trinajstić information content (AvgIpc) is 2.90. The van der Waals surface area contributed by atoms with Crippen molar-refractivity contribution in [1.82, 2.24) is 25.4 Å². The molecule has 3 rings (SSSR count). The van der Waals surface area contributed by atoms with Gasteiger partial charge < -0.3 is 10.2 Å². The molecule has 2 aromatic rings. The van der Waals surface area contributed by atoms with E-state index in [1.807, 2.05) is 0 Å². The standard InChI is InChI=1S/C8H9N7O2/c9-7-10-4(12-14-7)5(16)11-8-15-13-6(17-8)3-1-2-3/h3H,1-2H2,(H,11,15,16)(H3,9,10,12,14). The first-order valence-electron chi connectivity index (χ1n) is 5.05. The number of nitrogens with zero attached hydrogens (tertiary/aromatic N) is 4. The highest BCUT2D eigenvalue weighted by atomic mass is 16.4. The molecule has 2 aromatic heterocycles. The molecule has 0 unspecified atom stereocenters. The number of amides is 1. The number of carbonyl (C=O) groups is 1. The van der Waals surface area contributed by atoms with Gasteiger partial charge in [-0.1, -0.05) is 5.10 Å². The van der Waals surface area contributed by atoms with E-state index >= 15 is 0 Å². The Morgan fingerprint density at radius 1 is 1.47 bits per heavy atom. The van der Waals surface area contributed by atoms with Crippen LogP contribution in [0, 0.1) is 0 Å². The molecule has 1 aliphatic carbocycles. The SMILES string of the molecule is Nc1n[nH]c(C(=O)Nc2nnc(C3CC3)o2)n1. The van der Waals surface area contributed by atoms with Crippen molar-refractivity contribution in [2.24, 2.45) is 0 Å². The number of nitrogens with one attached hydrogen (secondary N) is 2. The summed E-state index contributed by atoms with van der Waals surface area (Å²) in [6.45, 7) is 0. The number of hydrogen-bond donors (Lipinski definition) is 3. The molecule has 17 heavy (non-hydrogen) atoms. The van der Waals surface area contributed by atoms with E-state index in [1.54, 1.807) is 0 Å². The zero-order valence-corrected chi connectivity index (χ0v) is 8.67. The lowest BCUT2D eigenvalue weighted by Gasteiger charge is -1.94. The number of rotatable bonds is 3. The fourth-order valence-electron chi connectivity index (χ4n) is 1.31. The lowest BCUT2D eigenvalue weighted by Crippen LogP contribution is -2.14. The van der Waals surface area contributed by atoms with E-state index in [0.717, 1.165) is 12.8 Å². The molecule has 1 saturated carbocycles. The van der Waals surface area contributed by atoms with Gasteiger partial charge in [-0.15, -0.1) is 10.2 Å². The topological polar surface area (TPSA) is 136 Å². The van der Waals surface area contributed by atoms with E-state index in [9.17, 15) is 4.79 Å². The molecule has 1 amide bonds. The van der Waals surface area contributed by atoms with Crippen LogP contribution < -0.4 is 11.1 Å². The molecule has 2 heterocycles. The fourth-order valence-corrected chi connectivity index (χ4v) is 1.31. The van der Waals surface area contributed by atoms with Gasteiger partial charge in [0.25, 0.3) is 5.91 Å². The number of aromatic nitrogens is 5. The van der Waals surface area contributed by atoms with Crippen LogP contribution in [0.2, 0.25) is 0 Å². The number of nitrogens with two attached hydrogens (primary N) is 1. The van der Waals surface area contributed by atoms with Crippen molar-refractivity contribution in [3.8, 4) is 0 Å². The summed E-state index contributed by atoms with van der Waals surface area (Å²) in [5.74, 6) is 0.361. The first kappa shape index (κ1) is 9.75. The van der Waals surface area contributed by atoms with Gasteiger partial charge in [0, 0.05) is 5.92 Å². The van der Waals surface area contributed by atoms with E-state index in [0.29, 0.717) is 11.8 Å². The van der Waals surface area contributed by atoms with Gasteiger partial charge in [0.05, 0.1) is 0 Å². The third kappa shape index (κ3) is 1.94. The molecule has 0 atom stereocenters. The smallest absolute Gasteiger partial charge is 0.322 e. The molecule has 0 bridgehead atoms. The quantitative estimate of drug-likeness (QED) is 0.675. The minimum absolute atomic E-state index is 0.000603. The third-order valence-electron chi connectivity index (χ3n) is 2.31. The molecule has 0 aliphatic heterocycles. The van der Waals surface area contributed by atoms with Gasteiger partial charge in [-0.05, 0) is 12.8 Å². The van der Waals surface area contributed by atoms with E-state index in [2.05, 4.69) is 30.7 Å². The van der Waals surface area contributed by atoms with E-state index in [-0.39, 0.29) is 17.8 Å². The summed E-state index contributed by atoms with van der Waals surface area (Å²) in [7, 11) is 0. The molecular weight excluding hydrogens is 226 g/mol.